The van der Waals surface area contributed by atoms with Crippen LogP contribution in [0.5, 0.6) is 0 Å². The Bertz CT molecular complexity index is 542. The summed E-state index contributed by atoms with van der Waals surface area (Å²) in [6, 6.07) is 7.29. The molecule has 0 unspecified atom stereocenters. The predicted molar refractivity (Wildman–Crippen MR) is 84.1 cm³/mol. The van der Waals surface area contributed by atoms with Gasteiger partial charge in [0.25, 0.3) is 0 Å². The maximum Gasteiger partial charge on any atom is 0.239 e. The van der Waals surface area contributed by atoms with Gasteiger partial charge in [0.1, 0.15) is 0 Å². The minimum absolute atomic E-state index is 0.0533. The van der Waals surface area contributed by atoms with Crippen LogP contribution in [0.15, 0.2) is 24.3 Å². The monoisotopic (exact) mass is 304 g/mol. The Morgan fingerprint density at radius 1 is 1.27 bits per heavy atom. The normalized spacial score (nSPS) is 19.8. The Morgan fingerprint density at radius 3 is 2.73 bits per heavy atom. The predicted octanol–water partition coefficient (Wildman–Crippen LogP) is 1.31. The van der Waals surface area contributed by atoms with E-state index < -0.39 is 12.1 Å². The third-order valence-corrected chi connectivity index (χ3v) is 3.92. The summed E-state index contributed by atoms with van der Waals surface area (Å²) in [7, 11) is 0. The lowest BCUT2D eigenvalue weighted by atomic mass is 10.1. The van der Waals surface area contributed by atoms with Crippen LogP contribution in [-0.4, -0.2) is 29.6 Å². The second-order valence-corrected chi connectivity index (χ2v) is 6.22. The molecule has 2 atom stereocenters. The van der Waals surface area contributed by atoms with Crippen molar-refractivity contribution in [1.29, 1.82) is 0 Å². The first-order valence-electron chi connectivity index (χ1n) is 7.79. The van der Waals surface area contributed by atoms with Crippen molar-refractivity contribution in [2.75, 3.05) is 6.54 Å². The van der Waals surface area contributed by atoms with Crippen molar-refractivity contribution in [2.45, 2.75) is 45.3 Å². The summed E-state index contributed by atoms with van der Waals surface area (Å²) in [5.74, 6) is 0.0691. The average molecular weight is 304 g/mol. The first-order valence-corrected chi connectivity index (χ1v) is 7.79. The van der Waals surface area contributed by atoms with Crippen molar-refractivity contribution in [1.82, 2.24) is 10.6 Å². The number of rotatable bonds is 6. The van der Waals surface area contributed by atoms with Crippen molar-refractivity contribution in [3.8, 4) is 0 Å². The van der Waals surface area contributed by atoms with E-state index in [4.69, 9.17) is 0 Å². The highest BCUT2D eigenvalue weighted by Crippen LogP contribution is 2.30. The number of carbonyl (C=O) groups excluding carboxylic acids is 2. The van der Waals surface area contributed by atoms with Crippen LogP contribution in [0.25, 0.3) is 0 Å². The average Bonchev–Trinajstić information content (AvgIpc) is 2.79. The number of benzene rings is 1. The van der Waals surface area contributed by atoms with Crippen LogP contribution in [-0.2, 0) is 16.0 Å². The van der Waals surface area contributed by atoms with Gasteiger partial charge in [0.05, 0.1) is 18.7 Å². The molecule has 0 aliphatic heterocycles. The third kappa shape index (κ3) is 4.31. The van der Waals surface area contributed by atoms with E-state index in [-0.39, 0.29) is 18.4 Å². The fourth-order valence-electron chi connectivity index (χ4n) is 2.66. The lowest BCUT2D eigenvalue weighted by Crippen LogP contribution is -2.41. The molecule has 120 valence electrons. The van der Waals surface area contributed by atoms with E-state index >= 15 is 0 Å². The van der Waals surface area contributed by atoms with E-state index in [0.717, 1.165) is 17.5 Å². The summed E-state index contributed by atoms with van der Waals surface area (Å²) >= 11 is 0. The number of hydrogen-bond donors (Lipinski definition) is 3. The zero-order valence-electron chi connectivity index (χ0n) is 13.1. The van der Waals surface area contributed by atoms with E-state index in [1.807, 2.05) is 24.3 Å². The standard InChI is InChI=1S/C17H24N2O3/c1-11(2)7-8-15(21)18-10-16(22)19-17-13-6-4-3-5-12(13)9-14(17)20/h3-6,11,14,17,20H,7-10H2,1-2H3,(H,18,21)(H,19,22)/t14-,17-/m1/s1. The molecule has 0 saturated carbocycles. The van der Waals surface area contributed by atoms with Crippen molar-refractivity contribution < 1.29 is 14.7 Å². The van der Waals surface area contributed by atoms with Gasteiger partial charge >= 0.3 is 0 Å². The highest BCUT2D eigenvalue weighted by atomic mass is 16.3. The molecule has 0 aromatic heterocycles. The number of carbonyl (C=O) groups is 2. The molecule has 1 aromatic carbocycles. The van der Waals surface area contributed by atoms with Crippen LogP contribution >= 0.6 is 0 Å². The van der Waals surface area contributed by atoms with E-state index in [1.54, 1.807) is 0 Å². The van der Waals surface area contributed by atoms with E-state index in [2.05, 4.69) is 24.5 Å². The second kappa shape index (κ2) is 7.40. The number of fused-ring (bicyclic) bond motifs is 1. The number of nitrogens with one attached hydrogen (secondary N) is 2. The van der Waals surface area contributed by atoms with Crippen LogP contribution in [0.1, 0.15) is 43.9 Å². The van der Waals surface area contributed by atoms with Crippen molar-refractivity contribution in [3.63, 3.8) is 0 Å². The Hall–Kier alpha value is -1.88. The van der Waals surface area contributed by atoms with Gasteiger partial charge in [-0.1, -0.05) is 38.1 Å². The first-order chi connectivity index (χ1) is 10.5. The SMILES string of the molecule is CC(C)CCC(=O)NCC(=O)N[C@@H]1c2ccccc2C[C@H]1O. The summed E-state index contributed by atoms with van der Waals surface area (Å²) in [6.45, 7) is 4.06. The van der Waals surface area contributed by atoms with Crippen LogP contribution in [0.4, 0.5) is 0 Å². The lowest BCUT2D eigenvalue weighted by Gasteiger charge is -2.18. The summed E-state index contributed by atoms with van der Waals surface area (Å²) in [6.07, 6.45) is 1.17. The fourth-order valence-corrected chi connectivity index (χ4v) is 2.66. The van der Waals surface area contributed by atoms with Gasteiger partial charge in [-0.05, 0) is 23.5 Å². The van der Waals surface area contributed by atoms with Crippen LogP contribution in [0, 0.1) is 5.92 Å². The van der Waals surface area contributed by atoms with Gasteiger partial charge in [0.2, 0.25) is 11.8 Å². The molecule has 1 aromatic rings. The highest BCUT2D eigenvalue weighted by molar-refractivity contribution is 5.85. The Labute approximate surface area is 131 Å². The number of aliphatic hydroxyl groups is 1. The van der Waals surface area contributed by atoms with Gasteiger partial charge in [-0.3, -0.25) is 9.59 Å². The smallest absolute Gasteiger partial charge is 0.239 e. The van der Waals surface area contributed by atoms with Crippen LogP contribution in [0.3, 0.4) is 0 Å². The largest absolute Gasteiger partial charge is 0.390 e. The maximum absolute atomic E-state index is 12.0. The van der Waals surface area contributed by atoms with Crippen molar-refractivity contribution in [3.05, 3.63) is 35.4 Å². The molecular formula is C17H24N2O3. The molecule has 1 aliphatic carbocycles. The van der Waals surface area contributed by atoms with Gasteiger partial charge in [0.15, 0.2) is 0 Å². The molecule has 1 aliphatic rings. The minimum Gasteiger partial charge on any atom is -0.390 e. The summed E-state index contributed by atoms with van der Waals surface area (Å²) in [5, 5.41) is 15.5. The van der Waals surface area contributed by atoms with Gasteiger partial charge in [-0.25, -0.2) is 0 Å². The Balaban J connectivity index is 1.81. The Morgan fingerprint density at radius 2 is 2.00 bits per heavy atom. The van der Waals surface area contributed by atoms with Crippen molar-refractivity contribution >= 4 is 11.8 Å². The molecular weight excluding hydrogens is 280 g/mol. The van der Waals surface area contributed by atoms with Gasteiger partial charge in [0, 0.05) is 12.8 Å². The molecule has 0 heterocycles. The lowest BCUT2D eigenvalue weighted by molar-refractivity contribution is -0.127. The quantitative estimate of drug-likeness (QED) is 0.741. The van der Waals surface area contributed by atoms with Gasteiger partial charge in [-0.2, -0.15) is 0 Å². The second-order valence-electron chi connectivity index (χ2n) is 6.22. The van der Waals surface area contributed by atoms with Crippen LogP contribution in [0.2, 0.25) is 0 Å². The zero-order valence-corrected chi connectivity index (χ0v) is 13.1. The van der Waals surface area contributed by atoms with E-state index in [1.165, 1.54) is 0 Å². The van der Waals surface area contributed by atoms with Crippen LogP contribution < -0.4 is 10.6 Å². The number of hydrogen-bond acceptors (Lipinski definition) is 3. The molecule has 0 fully saturated rings. The van der Waals surface area contributed by atoms with Crippen molar-refractivity contribution in [2.24, 2.45) is 5.92 Å². The molecule has 3 N–H and O–H groups in total. The fraction of sp³-hybridized carbons (Fsp3) is 0.529. The highest BCUT2D eigenvalue weighted by Gasteiger charge is 2.31. The topological polar surface area (TPSA) is 78.4 Å². The maximum atomic E-state index is 12.0. The number of amides is 2. The summed E-state index contributed by atoms with van der Waals surface area (Å²) < 4.78 is 0. The molecule has 2 amide bonds. The Kier molecular flexibility index (Phi) is 5.55. The summed E-state index contributed by atoms with van der Waals surface area (Å²) in [5.41, 5.74) is 2.01. The van der Waals surface area contributed by atoms with Gasteiger partial charge < -0.3 is 15.7 Å². The van der Waals surface area contributed by atoms with E-state index in [9.17, 15) is 14.7 Å². The molecule has 22 heavy (non-hydrogen) atoms. The molecule has 5 heteroatoms. The number of aliphatic hydroxyl groups excluding tert-OH is 1. The molecule has 5 nitrogen and oxygen atoms in total. The zero-order chi connectivity index (χ0) is 16.1. The third-order valence-electron chi connectivity index (χ3n) is 3.92. The summed E-state index contributed by atoms with van der Waals surface area (Å²) in [4.78, 5) is 23.6. The first kappa shape index (κ1) is 16.5. The van der Waals surface area contributed by atoms with Gasteiger partial charge in [-0.15, -0.1) is 0 Å². The molecule has 0 bridgehead atoms. The molecule has 0 spiro atoms. The molecule has 0 radical (unpaired) electrons. The molecule has 2 rings (SSSR count). The minimum atomic E-state index is -0.613. The van der Waals surface area contributed by atoms with E-state index in [0.29, 0.717) is 18.8 Å². The molecule has 0 saturated heterocycles.